The van der Waals surface area contributed by atoms with Crippen LogP contribution < -0.4 is 0 Å². The Labute approximate surface area is 75.9 Å². The monoisotopic (exact) mass is 171 g/mol. The molecule has 0 unspecified atom stereocenters. The van der Waals surface area contributed by atoms with Gasteiger partial charge < -0.3 is 4.90 Å². The Kier molecular flexibility index (Phi) is 4.29. The molecule has 0 spiro atoms. The van der Waals surface area contributed by atoms with Crippen molar-refractivity contribution in [1.29, 1.82) is 0 Å². The van der Waals surface area contributed by atoms with Gasteiger partial charge in [0.25, 0.3) is 0 Å². The fourth-order valence-corrected chi connectivity index (χ4v) is 1.00. The third-order valence-corrected chi connectivity index (χ3v) is 1.96. The van der Waals surface area contributed by atoms with E-state index in [0.717, 1.165) is 13.0 Å². The first-order valence-corrected chi connectivity index (χ1v) is 4.54. The maximum absolute atomic E-state index is 10.8. The Balaban J connectivity index is 3.51. The summed E-state index contributed by atoms with van der Waals surface area (Å²) in [6, 6.07) is 0. The first-order valence-electron chi connectivity index (χ1n) is 4.54. The summed E-state index contributed by atoms with van der Waals surface area (Å²) in [6.07, 6.45) is 2.27. The fraction of sp³-hybridized carbons (Fsp3) is 0.900. The van der Waals surface area contributed by atoms with E-state index in [-0.39, 0.29) is 5.91 Å². The first kappa shape index (κ1) is 11.5. The van der Waals surface area contributed by atoms with E-state index in [2.05, 4.69) is 20.8 Å². The molecule has 0 aliphatic heterocycles. The van der Waals surface area contributed by atoms with Crippen LogP contribution in [0.25, 0.3) is 0 Å². The van der Waals surface area contributed by atoms with Gasteiger partial charge in [0.15, 0.2) is 0 Å². The van der Waals surface area contributed by atoms with Crippen LogP contribution in [-0.2, 0) is 4.79 Å². The van der Waals surface area contributed by atoms with Crippen molar-refractivity contribution in [2.75, 3.05) is 13.6 Å². The standard InChI is InChI=1S/C10H21NO/c1-9(12)11(5)8-6-7-10(2,3)4/h6-8H2,1-5H3. The molecule has 0 heterocycles. The van der Waals surface area contributed by atoms with Crippen LogP contribution in [0, 0.1) is 5.41 Å². The lowest BCUT2D eigenvalue weighted by molar-refractivity contribution is -0.127. The highest BCUT2D eigenvalue weighted by atomic mass is 16.2. The summed E-state index contributed by atoms with van der Waals surface area (Å²) in [5.74, 6) is 0.156. The van der Waals surface area contributed by atoms with Crippen LogP contribution in [0.15, 0.2) is 0 Å². The van der Waals surface area contributed by atoms with E-state index in [4.69, 9.17) is 0 Å². The van der Waals surface area contributed by atoms with E-state index in [0.29, 0.717) is 5.41 Å². The molecule has 0 aliphatic rings. The number of hydrogen-bond acceptors (Lipinski definition) is 1. The molecule has 1 amide bonds. The Morgan fingerprint density at radius 1 is 1.33 bits per heavy atom. The summed E-state index contributed by atoms with van der Waals surface area (Å²) in [6.45, 7) is 9.16. The van der Waals surface area contributed by atoms with Gasteiger partial charge in [0, 0.05) is 20.5 Å². The quantitative estimate of drug-likeness (QED) is 0.638. The molecule has 0 aromatic rings. The zero-order chi connectivity index (χ0) is 9.78. The van der Waals surface area contributed by atoms with E-state index < -0.39 is 0 Å². The molecule has 0 aliphatic carbocycles. The lowest BCUT2D eigenvalue weighted by Crippen LogP contribution is -2.25. The third-order valence-electron chi connectivity index (χ3n) is 1.96. The minimum Gasteiger partial charge on any atom is -0.346 e. The molecule has 0 aromatic carbocycles. The summed E-state index contributed by atoms with van der Waals surface area (Å²) >= 11 is 0. The van der Waals surface area contributed by atoms with Crippen molar-refractivity contribution < 1.29 is 4.79 Å². The molecule has 2 heteroatoms. The molecule has 0 fully saturated rings. The van der Waals surface area contributed by atoms with Gasteiger partial charge in [-0.25, -0.2) is 0 Å². The van der Waals surface area contributed by atoms with Gasteiger partial charge in [-0.1, -0.05) is 20.8 Å². The number of carbonyl (C=O) groups is 1. The molecule has 72 valence electrons. The van der Waals surface area contributed by atoms with Crippen molar-refractivity contribution in [1.82, 2.24) is 4.90 Å². The van der Waals surface area contributed by atoms with Crippen LogP contribution in [0.3, 0.4) is 0 Å². The highest BCUT2D eigenvalue weighted by Crippen LogP contribution is 2.20. The largest absolute Gasteiger partial charge is 0.346 e. The smallest absolute Gasteiger partial charge is 0.219 e. The highest BCUT2D eigenvalue weighted by molar-refractivity contribution is 5.72. The van der Waals surface area contributed by atoms with Crippen LogP contribution in [-0.4, -0.2) is 24.4 Å². The summed E-state index contributed by atoms with van der Waals surface area (Å²) in [5.41, 5.74) is 0.387. The van der Waals surface area contributed by atoms with Crippen LogP contribution in [0.4, 0.5) is 0 Å². The molecule has 0 radical (unpaired) electrons. The predicted molar refractivity (Wildman–Crippen MR) is 52.0 cm³/mol. The average Bonchev–Trinajstić information content (AvgIpc) is 1.84. The molecule has 0 bridgehead atoms. The van der Waals surface area contributed by atoms with Crippen LogP contribution in [0.5, 0.6) is 0 Å². The topological polar surface area (TPSA) is 20.3 Å². The second-order valence-electron chi connectivity index (χ2n) is 4.60. The van der Waals surface area contributed by atoms with Gasteiger partial charge in [0.1, 0.15) is 0 Å². The number of carbonyl (C=O) groups excluding carboxylic acids is 1. The molecule has 0 saturated carbocycles. The first-order chi connectivity index (χ1) is 5.33. The van der Waals surface area contributed by atoms with E-state index in [9.17, 15) is 4.79 Å². The molecular weight excluding hydrogens is 150 g/mol. The lowest BCUT2D eigenvalue weighted by Gasteiger charge is -2.20. The lowest BCUT2D eigenvalue weighted by atomic mass is 9.90. The highest BCUT2D eigenvalue weighted by Gasteiger charge is 2.10. The Hall–Kier alpha value is -0.530. The number of nitrogens with zero attached hydrogens (tertiary/aromatic N) is 1. The summed E-state index contributed by atoms with van der Waals surface area (Å²) < 4.78 is 0. The Bertz CT molecular complexity index is 146. The maximum Gasteiger partial charge on any atom is 0.219 e. The van der Waals surface area contributed by atoms with E-state index in [1.807, 2.05) is 7.05 Å². The third kappa shape index (κ3) is 6.20. The van der Waals surface area contributed by atoms with Crippen LogP contribution >= 0.6 is 0 Å². The average molecular weight is 171 g/mol. The van der Waals surface area contributed by atoms with Crippen molar-refractivity contribution in [3.05, 3.63) is 0 Å². The predicted octanol–water partition coefficient (Wildman–Crippen LogP) is 2.29. The summed E-state index contributed by atoms with van der Waals surface area (Å²) in [5, 5.41) is 0. The number of hydrogen-bond donors (Lipinski definition) is 0. The summed E-state index contributed by atoms with van der Waals surface area (Å²) in [4.78, 5) is 12.6. The molecule has 0 rings (SSSR count). The molecular formula is C10H21NO. The van der Waals surface area contributed by atoms with Gasteiger partial charge >= 0.3 is 0 Å². The van der Waals surface area contributed by atoms with E-state index in [1.54, 1.807) is 11.8 Å². The zero-order valence-corrected chi connectivity index (χ0v) is 8.98. The van der Waals surface area contributed by atoms with E-state index in [1.165, 1.54) is 6.42 Å². The Morgan fingerprint density at radius 2 is 1.83 bits per heavy atom. The van der Waals surface area contributed by atoms with Crippen molar-refractivity contribution >= 4 is 5.91 Å². The zero-order valence-electron chi connectivity index (χ0n) is 8.98. The molecule has 0 N–H and O–H groups in total. The van der Waals surface area contributed by atoms with Gasteiger partial charge in [0.05, 0.1) is 0 Å². The molecule has 12 heavy (non-hydrogen) atoms. The SMILES string of the molecule is CC(=O)N(C)CCCC(C)(C)C. The fourth-order valence-electron chi connectivity index (χ4n) is 1.00. The molecule has 0 saturated heterocycles. The van der Waals surface area contributed by atoms with E-state index >= 15 is 0 Å². The minimum absolute atomic E-state index is 0.156. The van der Waals surface area contributed by atoms with Gasteiger partial charge in [-0.3, -0.25) is 4.79 Å². The van der Waals surface area contributed by atoms with Crippen LogP contribution in [0.2, 0.25) is 0 Å². The van der Waals surface area contributed by atoms with Crippen molar-refractivity contribution in [3.8, 4) is 0 Å². The van der Waals surface area contributed by atoms with Gasteiger partial charge in [0.2, 0.25) is 5.91 Å². The number of rotatable bonds is 3. The van der Waals surface area contributed by atoms with Gasteiger partial charge in [-0.05, 0) is 18.3 Å². The second kappa shape index (κ2) is 4.48. The van der Waals surface area contributed by atoms with Gasteiger partial charge in [-0.15, -0.1) is 0 Å². The second-order valence-corrected chi connectivity index (χ2v) is 4.60. The molecule has 2 nitrogen and oxygen atoms in total. The molecule has 0 aromatic heterocycles. The molecule has 0 atom stereocenters. The Morgan fingerprint density at radius 3 is 2.17 bits per heavy atom. The van der Waals surface area contributed by atoms with Crippen LogP contribution in [0.1, 0.15) is 40.5 Å². The van der Waals surface area contributed by atoms with Crippen molar-refractivity contribution in [2.45, 2.75) is 40.5 Å². The number of amides is 1. The minimum atomic E-state index is 0.156. The normalized spacial score (nSPS) is 11.4. The van der Waals surface area contributed by atoms with Crippen molar-refractivity contribution in [3.63, 3.8) is 0 Å². The van der Waals surface area contributed by atoms with Crippen molar-refractivity contribution in [2.24, 2.45) is 5.41 Å². The maximum atomic E-state index is 10.8. The van der Waals surface area contributed by atoms with Gasteiger partial charge in [-0.2, -0.15) is 0 Å². The summed E-state index contributed by atoms with van der Waals surface area (Å²) in [7, 11) is 1.85.